The number of carbonyl (C=O) groups is 1. The van der Waals surface area contributed by atoms with Gasteiger partial charge in [0, 0.05) is 6.04 Å². The molecule has 0 unspecified atom stereocenters. The maximum Gasteiger partial charge on any atom is 0.240 e. The van der Waals surface area contributed by atoms with Crippen LogP contribution in [0.1, 0.15) is 56.9 Å². The second-order valence-corrected chi connectivity index (χ2v) is 9.92. The summed E-state index contributed by atoms with van der Waals surface area (Å²) in [6, 6.07) is 6.35. The predicted octanol–water partition coefficient (Wildman–Crippen LogP) is 2.02. The minimum Gasteiger partial charge on any atom is -0.394 e. The maximum absolute atomic E-state index is 12.6. The molecular formula is C21H32N2O5S. The van der Waals surface area contributed by atoms with Crippen LogP contribution in [0.15, 0.2) is 29.2 Å². The molecule has 1 aromatic rings. The summed E-state index contributed by atoms with van der Waals surface area (Å²) >= 11 is 0. The molecule has 3 rings (SSSR count). The normalized spacial score (nSPS) is 26.2. The number of rotatable bonds is 7. The van der Waals surface area contributed by atoms with Gasteiger partial charge in [-0.25, -0.2) is 13.1 Å². The molecule has 7 nitrogen and oxygen atoms in total. The molecule has 0 spiro atoms. The molecule has 0 radical (unpaired) electrons. The molecule has 1 amide bonds. The van der Waals surface area contributed by atoms with Crippen LogP contribution in [0.3, 0.4) is 0 Å². The number of hydrogen-bond acceptors (Lipinski definition) is 5. The number of aliphatic hydroxyl groups is 1. The maximum atomic E-state index is 12.6. The largest absolute Gasteiger partial charge is 0.394 e. The van der Waals surface area contributed by atoms with Crippen molar-refractivity contribution in [3.05, 3.63) is 29.8 Å². The Morgan fingerprint density at radius 3 is 2.45 bits per heavy atom. The molecular weight excluding hydrogens is 392 g/mol. The predicted molar refractivity (Wildman–Crippen MR) is 110 cm³/mol. The van der Waals surface area contributed by atoms with E-state index in [0.29, 0.717) is 12.8 Å². The summed E-state index contributed by atoms with van der Waals surface area (Å²) in [4.78, 5) is 12.5. The van der Waals surface area contributed by atoms with Gasteiger partial charge in [-0.15, -0.1) is 0 Å². The number of nitrogens with one attached hydrogen (secondary N) is 2. The van der Waals surface area contributed by atoms with Crippen LogP contribution in [0.2, 0.25) is 0 Å². The number of amides is 1. The first-order valence-electron chi connectivity index (χ1n) is 10.5. The minimum atomic E-state index is -3.70. The Morgan fingerprint density at radius 1 is 1.10 bits per heavy atom. The van der Waals surface area contributed by atoms with Crippen molar-refractivity contribution in [3.63, 3.8) is 0 Å². The Hall–Kier alpha value is -1.48. The van der Waals surface area contributed by atoms with E-state index in [1.165, 1.54) is 6.42 Å². The van der Waals surface area contributed by atoms with Crippen LogP contribution < -0.4 is 10.0 Å². The highest BCUT2D eigenvalue weighted by Gasteiger charge is 2.35. The highest BCUT2D eigenvalue weighted by Crippen LogP contribution is 2.24. The van der Waals surface area contributed by atoms with E-state index in [0.717, 1.165) is 31.2 Å². The summed E-state index contributed by atoms with van der Waals surface area (Å²) in [6.07, 6.45) is 5.93. The third-order valence-corrected chi connectivity index (χ3v) is 7.32. The van der Waals surface area contributed by atoms with E-state index < -0.39 is 22.2 Å². The van der Waals surface area contributed by atoms with Crippen LogP contribution in [0.5, 0.6) is 0 Å². The lowest BCUT2D eigenvalue weighted by Crippen LogP contribution is -2.51. The number of hydrogen-bond donors (Lipinski definition) is 3. The Bertz CT molecular complexity index is 775. The fourth-order valence-electron chi connectivity index (χ4n) is 4.14. The standard InChI is InChI=1S/C21H32N2O5S/c1-15-7-10-18(11-8-15)29(26,27)23-19-12-9-17(28-20(19)14-24)13-21(25)22-16-5-3-2-4-6-16/h7-8,10-11,16-17,19-20,23-24H,2-6,9,12-14H2,1H3,(H,22,25)/t17-,19-,20+/m1/s1. The van der Waals surface area contributed by atoms with Gasteiger partial charge < -0.3 is 15.2 Å². The van der Waals surface area contributed by atoms with E-state index in [9.17, 15) is 18.3 Å². The summed E-state index contributed by atoms with van der Waals surface area (Å²) in [5, 5.41) is 12.8. The summed E-state index contributed by atoms with van der Waals surface area (Å²) in [6.45, 7) is 1.59. The zero-order chi connectivity index (χ0) is 20.9. The molecule has 1 aliphatic carbocycles. The van der Waals surface area contributed by atoms with Gasteiger partial charge in [0.05, 0.1) is 36.2 Å². The molecule has 1 saturated carbocycles. The van der Waals surface area contributed by atoms with Crippen molar-refractivity contribution in [1.82, 2.24) is 10.0 Å². The Kier molecular flexibility index (Phi) is 7.67. The third kappa shape index (κ3) is 6.25. The number of sulfonamides is 1. The Balaban J connectivity index is 1.53. The van der Waals surface area contributed by atoms with E-state index in [4.69, 9.17) is 4.74 Å². The van der Waals surface area contributed by atoms with E-state index in [1.807, 2.05) is 6.92 Å². The summed E-state index contributed by atoms with van der Waals surface area (Å²) in [5.41, 5.74) is 0.979. The molecule has 162 valence electrons. The van der Waals surface area contributed by atoms with E-state index in [1.54, 1.807) is 24.3 Å². The summed E-state index contributed by atoms with van der Waals surface area (Å²) < 4.78 is 33.8. The molecule has 1 saturated heterocycles. The van der Waals surface area contributed by atoms with Crippen molar-refractivity contribution >= 4 is 15.9 Å². The van der Waals surface area contributed by atoms with Crippen molar-refractivity contribution in [2.45, 2.75) is 87.5 Å². The number of ether oxygens (including phenoxy) is 1. The van der Waals surface area contributed by atoms with Gasteiger partial charge in [0.25, 0.3) is 0 Å². The van der Waals surface area contributed by atoms with Gasteiger partial charge in [-0.3, -0.25) is 4.79 Å². The van der Waals surface area contributed by atoms with Crippen LogP contribution in [0, 0.1) is 6.92 Å². The average Bonchev–Trinajstić information content (AvgIpc) is 2.70. The van der Waals surface area contributed by atoms with Gasteiger partial charge in [-0.1, -0.05) is 37.0 Å². The van der Waals surface area contributed by atoms with Crippen LogP contribution in [0.25, 0.3) is 0 Å². The van der Waals surface area contributed by atoms with E-state index in [2.05, 4.69) is 10.0 Å². The SMILES string of the molecule is Cc1ccc(S(=O)(=O)N[C@@H]2CC[C@H](CC(=O)NC3CCCCC3)O[C@H]2CO)cc1. The average molecular weight is 425 g/mol. The monoisotopic (exact) mass is 424 g/mol. The Morgan fingerprint density at radius 2 is 1.79 bits per heavy atom. The number of benzene rings is 1. The summed E-state index contributed by atoms with van der Waals surface area (Å²) in [7, 11) is -3.70. The second kappa shape index (κ2) is 10.0. The van der Waals surface area contributed by atoms with Crippen LogP contribution in [-0.2, 0) is 19.6 Å². The number of carbonyl (C=O) groups excluding carboxylic acids is 1. The Labute approximate surface area is 173 Å². The molecule has 29 heavy (non-hydrogen) atoms. The van der Waals surface area contributed by atoms with Crippen molar-refractivity contribution < 1.29 is 23.1 Å². The first kappa shape index (κ1) is 22.2. The van der Waals surface area contributed by atoms with Crippen molar-refractivity contribution in [2.75, 3.05) is 6.61 Å². The van der Waals surface area contributed by atoms with E-state index in [-0.39, 0.29) is 36.0 Å². The van der Waals surface area contributed by atoms with Crippen molar-refractivity contribution in [3.8, 4) is 0 Å². The molecule has 1 heterocycles. The van der Waals surface area contributed by atoms with Crippen molar-refractivity contribution in [2.24, 2.45) is 0 Å². The highest BCUT2D eigenvalue weighted by molar-refractivity contribution is 7.89. The van der Waals surface area contributed by atoms with E-state index >= 15 is 0 Å². The topological polar surface area (TPSA) is 105 Å². The second-order valence-electron chi connectivity index (χ2n) is 8.20. The lowest BCUT2D eigenvalue weighted by Gasteiger charge is -2.36. The van der Waals surface area contributed by atoms with Gasteiger partial charge in [-0.2, -0.15) is 0 Å². The molecule has 0 aromatic heterocycles. The molecule has 1 aromatic carbocycles. The zero-order valence-corrected chi connectivity index (χ0v) is 17.8. The summed E-state index contributed by atoms with van der Waals surface area (Å²) in [5.74, 6) is -0.0303. The minimum absolute atomic E-state index is 0.0303. The van der Waals surface area contributed by atoms with Crippen LogP contribution in [-0.4, -0.2) is 50.3 Å². The van der Waals surface area contributed by atoms with Crippen LogP contribution in [0.4, 0.5) is 0 Å². The number of aryl methyl sites for hydroxylation is 1. The van der Waals surface area contributed by atoms with Gasteiger partial charge in [-0.05, 0) is 44.7 Å². The van der Waals surface area contributed by atoms with Crippen molar-refractivity contribution in [1.29, 1.82) is 0 Å². The van der Waals surface area contributed by atoms with Gasteiger partial charge >= 0.3 is 0 Å². The highest BCUT2D eigenvalue weighted by atomic mass is 32.2. The first-order chi connectivity index (χ1) is 13.9. The quantitative estimate of drug-likeness (QED) is 0.621. The molecule has 0 bridgehead atoms. The number of aliphatic hydroxyl groups excluding tert-OH is 1. The molecule has 3 N–H and O–H groups in total. The lowest BCUT2D eigenvalue weighted by atomic mass is 9.94. The molecule has 1 aliphatic heterocycles. The molecule has 3 atom stereocenters. The molecule has 8 heteroatoms. The van der Waals surface area contributed by atoms with Gasteiger partial charge in [0.2, 0.25) is 15.9 Å². The first-order valence-corrected chi connectivity index (χ1v) is 12.0. The third-order valence-electron chi connectivity index (χ3n) is 5.82. The molecule has 2 aliphatic rings. The fourth-order valence-corrected chi connectivity index (χ4v) is 5.44. The van der Waals surface area contributed by atoms with Crippen LogP contribution >= 0.6 is 0 Å². The zero-order valence-electron chi connectivity index (χ0n) is 17.0. The van der Waals surface area contributed by atoms with Gasteiger partial charge in [0.1, 0.15) is 0 Å². The lowest BCUT2D eigenvalue weighted by molar-refractivity contribution is -0.131. The molecule has 2 fully saturated rings. The fraction of sp³-hybridized carbons (Fsp3) is 0.667. The van der Waals surface area contributed by atoms with Gasteiger partial charge in [0.15, 0.2) is 0 Å². The smallest absolute Gasteiger partial charge is 0.240 e.